The molecule has 3 heterocycles. The molecule has 2 aromatic heterocycles. The monoisotopic (exact) mass is 498 g/mol. The Morgan fingerprint density at radius 2 is 1.49 bits per heavy atom. The second kappa shape index (κ2) is 10.5. The van der Waals surface area contributed by atoms with Crippen LogP contribution in [-0.4, -0.2) is 61.3 Å². The van der Waals surface area contributed by atoms with E-state index in [-0.39, 0.29) is 0 Å². The Bertz CT molecular complexity index is 1370. The lowest BCUT2D eigenvalue weighted by Crippen LogP contribution is -2.49. The number of piperazine rings is 1. The first kappa shape index (κ1) is 25.2. The van der Waals surface area contributed by atoms with Gasteiger partial charge in [0.15, 0.2) is 11.5 Å². The van der Waals surface area contributed by atoms with Crippen LogP contribution in [0.1, 0.15) is 39.2 Å². The number of pyridine rings is 1. The van der Waals surface area contributed by atoms with Gasteiger partial charge in [0.2, 0.25) is 0 Å². The number of nitrogens with one attached hydrogen (secondary N) is 1. The molecule has 0 spiro atoms. The second-order valence-electron chi connectivity index (χ2n) is 10.4. The normalized spacial score (nSPS) is 14.6. The van der Waals surface area contributed by atoms with Crippen LogP contribution in [0.5, 0.6) is 11.5 Å². The molecule has 0 bridgehead atoms. The Labute approximate surface area is 220 Å². The topological polar surface area (TPSA) is 53.6 Å². The lowest BCUT2D eigenvalue weighted by atomic mass is 9.94. The van der Waals surface area contributed by atoms with Crippen molar-refractivity contribution in [3.05, 3.63) is 60.3 Å². The molecule has 1 saturated heterocycles. The van der Waals surface area contributed by atoms with E-state index >= 15 is 0 Å². The minimum atomic E-state index is 0.345. The third-order valence-corrected chi connectivity index (χ3v) is 7.54. The zero-order valence-electron chi connectivity index (χ0n) is 22.8. The van der Waals surface area contributed by atoms with Crippen molar-refractivity contribution in [2.45, 2.75) is 39.7 Å². The summed E-state index contributed by atoms with van der Waals surface area (Å²) in [5, 5.41) is 1.24. The minimum absolute atomic E-state index is 0.345. The number of aromatic amines is 1. The number of hydrogen-bond donors (Lipinski definition) is 1. The maximum Gasteiger partial charge on any atom is 0.161 e. The molecule has 6 nitrogen and oxygen atoms in total. The summed E-state index contributed by atoms with van der Waals surface area (Å²) in [5.41, 5.74) is 6.95. The molecule has 0 atom stereocenters. The van der Waals surface area contributed by atoms with Gasteiger partial charge in [0.1, 0.15) is 5.82 Å². The zero-order chi connectivity index (χ0) is 26.1. The van der Waals surface area contributed by atoms with Crippen LogP contribution in [0.25, 0.3) is 33.3 Å². The van der Waals surface area contributed by atoms with Gasteiger partial charge in [-0.3, -0.25) is 4.90 Å². The number of nitrogens with zero attached hydrogens (tertiary/aromatic N) is 3. The lowest BCUT2D eigenvalue weighted by Gasteiger charge is -2.37. The Hall–Kier alpha value is -3.51. The number of anilines is 1. The van der Waals surface area contributed by atoms with E-state index in [2.05, 4.69) is 78.9 Å². The molecule has 1 N–H and O–H groups in total. The van der Waals surface area contributed by atoms with Gasteiger partial charge in [0.25, 0.3) is 0 Å². The van der Waals surface area contributed by atoms with Gasteiger partial charge in [0, 0.05) is 60.4 Å². The molecular formula is C31H38N4O2. The molecule has 4 aromatic rings. The number of aromatic nitrogens is 2. The van der Waals surface area contributed by atoms with Gasteiger partial charge in [-0.2, -0.15) is 0 Å². The molecule has 0 unspecified atom stereocenters. The van der Waals surface area contributed by atoms with Gasteiger partial charge in [-0.25, -0.2) is 4.98 Å². The van der Waals surface area contributed by atoms with Gasteiger partial charge in [0.05, 0.1) is 19.9 Å². The van der Waals surface area contributed by atoms with Crippen molar-refractivity contribution < 1.29 is 9.47 Å². The SMILES string of the molecule is COc1ccc(-c2[nH]c3ccc(-c4ccc(N5CCN(C(C)C)CC5)nc4)cc3c2C(C)C)cc1OC. The third kappa shape index (κ3) is 4.90. The largest absolute Gasteiger partial charge is 0.493 e. The molecule has 1 aliphatic rings. The fraction of sp³-hybridized carbons (Fsp3) is 0.387. The highest BCUT2D eigenvalue weighted by atomic mass is 16.5. The average Bonchev–Trinajstić information content (AvgIpc) is 3.32. The van der Waals surface area contributed by atoms with Crippen LogP contribution in [0, 0.1) is 0 Å². The number of ether oxygens (including phenoxy) is 2. The van der Waals surface area contributed by atoms with E-state index in [9.17, 15) is 0 Å². The molecule has 0 radical (unpaired) electrons. The van der Waals surface area contributed by atoms with Crippen LogP contribution in [0.4, 0.5) is 5.82 Å². The van der Waals surface area contributed by atoms with Crippen molar-refractivity contribution in [3.63, 3.8) is 0 Å². The van der Waals surface area contributed by atoms with Crippen molar-refractivity contribution in [2.75, 3.05) is 45.3 Å². The van der Waals surface area contributed by atoms with Gasteiger partial charge < -0.3 is 19.4 Å². The summed E-state index contributed by atoms with van der Waals surface area (Å²) in [4.78, 5) is 13.4. The van der Waals surface area contributed by atoms with Gasteiger partial charge in [-0.15, -0.1) is 0 Å². The van der Waals surface area contributed by atoms with Crippen LogP contribution in [0.3, 0.4) is 0 Å². The Morgan fingerprint density at radius 3 is 2.11 bits per heavy atom. The number of rotatable bonds is 7. The van der Waals surface area contributed by atoms with Gasteiger partial charge in [-0.05, 0) is 73.4 Å². The highest BCUT2D eigenvalue weighted by Crippen LogP contribution is 2.40. The maximum atomic E-state index is 5.57. The molecule has 6 heteroatoms. The van der Waals surface area contributed by atoms with Crippen LogP contribution in [0.2, 0.25) is 0 Å². The number of benzene rings is 2. The van der Waals surface area contributed by atoms with Gasteiger partial charge in [-0.1, -0.05) is 19.9 Å². The zero-order valence-corrected chi connectivity index (χ0v) is 22.8. The number of H-pyrrole nitrogens is 1. The maximum absolute atomic E-state index is 5.57. The smallest absolute Gasteiger partial charge is 0.161 e. The summed E-state index contributed by atoms with van der Waals surface area (Å²) in [6, 6.07) is 17.7. The van der Waals surface area contributed by atoms with Crippen molar-refractivity contribution in [1.29, 1.82) is 0 Å². The van der Waals surface area contributed by atoms with Crippen LogP contribution >= 0.6 is 0 Å². The van der Waals surface area contributed by atoms with E-state index in [0.717, 1.165) is 65.8 Å². The Balaban J connectivity index is 1.46. The highest BCUT2D eigenvalue weighted by Gasteiger charge is 2.21. The average molecular weight is 499 g/mol. The van der Waals surface area contributed by atoms with Crippen LogP contribution in [0.15, 0.2) is 54.7 Å². The number of hydrogen-bond acceptors (Lipinski definition) is 5. The van der Waals surface area contributed by atoms with Crippen molar-refractivity contribution in [2.24, 2.45) is 0 Å². The predicted octanol–water partition coefficient (Wildman–Crippen LogP) is 6.57. The molecule has 0 amide bonds. The van der Waals surface area contributed by atoms with E-state index in [1.807, 2.05) is 18.3 Å². The summed E-state index contributed by atoms with van der Waals surface area (Å²) in [6.07, 6.45) is 2.02. The number of fused-ring (bicyclic) bond motifs is 1. The third-order valence-electron chi connectivity index (χ3n) is 7.54. The summed E-state index contributed by atoms with van der Waals surface area (Å²) < 4.78 is 11.0. The molecule has 37 heavy (non-hydrogen) atoms. The minimum Gasteiger partial charge on any atom is -0.493 e. The summed E-state index contributed by atoms with van der Waals surface area (Å²) in [7, 11) is 3.34. The van der Waals surface area contributed by atoms with Crippen molar-refractivity contribution >= 4 is 16.7 Å². The van der Waals surface area contributed by atoms with Gasteiger partial charge >= 0.3 is 0 Å². The van der Waals surface area contributed by atoms with E-state index in [1.54, 1.807) is 14.2 Å². The van der Waals surface area contributed by atoms with Crippen molar-refractivity contribution in [1.82, 2.24) is 14.9 Å². The van der Waals surface area contributed by atoms with Crippen LogP contribution in [-0.2, 0) is 0 Å². The van der Waals surface area contributed by atoms with E-state index in [0.29, 0.717) is 12.0 Å². The molecule has 2 aromatic carbocycles. The molecule has 194 valence electrons. The first-order valence-electron chi connectivity index (χ1n) is 13.2. The predicted molar refractivity (Wildman–Crippen MR) is 153 cm³/mol. The second-order valence-corrected chi connectivity index (χ2v) is 10.4. The van der Waals surface area contributed by atoms with Crippen molar-refractivity contribution in [3.8, 4) is 33.9 Å². The molecule has 1 aliphatic heterocycles. The summed E-state index contributed by atoms with van der Waals surface area (Å²) in [6.45, 7) is 13.3. The highest BCUT2D eigenvalue weighted by molar-refractivity contribution is 5.94. The van der Waals surface area contributed by atoms with Crippen LogP contribution < -0.4 is 14.4 Å². The molecule has 1 fully saturated rings. The fourth-order valence-electron chi connectivity index (χ4n) is 5.42. The molecule has 0 saturated carbocycles. The van der Waals surface area contributed by atoms with E-state index in [4.69, 9.17) is 14.5 Å². The first-order valence-corrected chi connectivity index (χ1v) is 13.2. The lowest BCUT2D eigenvalue weighted by molar-refractivity contribution is 0.209. The fourth-order valence-corrected chi connectivity index (χ4v) is 5.42. The number of methoxy groups -OCH3 is 2. The van der Waals surface area contributed by atoms with E-state index in [1.165, 1.54) is 16.5 Å². The Morgan fingerprint density at radius 1 is 0.784 bits per heavy atom. The standard InChI is InChI=1S/C31H38N4O2/c1-20(2)30-25-17-22(24-9-12-29(32-19-24)35-15-13-34(14-16-35)21(3)4)7-10-26(25)33-31(30)23-8-11-27(36-5)28(18-23)37-6/h7-12,17-21,33H,13-16H2,1-6H3. The molecular weight excluding hydrogens is 460 g/mol. The van der Waals surface area contributed by atoms with E-state index < -0.39 is 0 Å². The quantitative estimate of drug-likeness (QED) is 0.312. The first-order chi connectivity index (χ1) is 17.9. The molecule has 0 aliphatic carbocycles. The Kier molecular flexibility index (Phi) is 7.11. The molecule has 5 rings (SSSR count). The summed E-state index contributed by atoms with van der Waals surface area (Å²) >= 11 is 0. The summed E-state index contributed by atoms with van der Waals surface area (Å²) in [5.74, 6) is 2.87.